The van der Waals surface area contributed by atoms with Gasteiger partial charge in [-0.15, -0.1) is 0 Å². The third-order valence-corrected chi connectivity index (χ3v) is 6.99. The second-order valence-electron chi connectivity index (χ2n) is 9.45. The molecular weight excluding hydrogens is 378 g/mol. The van der Waals surface area contributed by atoms with E-state index in [4.69, 9.17) is 9.84 Å². The maximum absolute atomic E-state index is 13.1. The molecule has 0 spiro atoms. The van der Waals surface area contributed by atoms with E-state index in [0.29, 0.717) is 24.2 Å². The summed E-state index contributed by atoms with van der Waals surface area (Å²) in [5.74, 6) is 1.46. The highest BCUT2D eigenvalue weighted by molar-refractivity contribution is 5.96. The minimum atomic E-state index is -0.907. The maximum atomic E-state index is 13.1. The van der Waals surface area contributed by atoms with E-state index in [2.05, 4.69) is 30.6 Å². The fraction of sp³-hybridized carbons (Fsp3) is 0.680. The molecule has 5 nitrogen and oxygen atoms in total. The Labute approximate surface area is 180 Å². The van der Waals surface area contributed by atoms with Gasteiger partial charge < -0.3 is 14.4 Å². The number of ketones is 1. The fourth-order valence-corrected chi connectivity index (χ4v) is 5.12. The minimum absolute atomic E-state index is 0.0363. The van der Waals surface area contributed by atoms with Crippen LogP contribution in [0.5, 0.6) is 0 Å². The van der Waals surface area contributed by atoms with Gasteiger partial charge in [-0.3, -0.25) is 4.79 Å². The molecule has 2 aliphatic rings. The molecule has 0 saturated heterocycles. The maximum Gasteiger partial charge on any atom is 0.329 e. The zero-order chi connectivity index (χ0) is 21.5. The lowest BCUT2D eigenvalue weighted by molar-refractivity contribution is -0.145. The smallest absolute Gasteiger partial charge is 0.329 e. The van der Waals surface area contributed by atoms with Crippen molar-refractivity contribution in [3.05, 3.63) is 36.2 Å². The summed E-state index contributed by atoms with van der Waals surface area (Å²) in [4.78, 5) is 23.8. The normalized spacial score (nSPS) is 27.6. The van der Waals surface area contributed by atoms with Gasteiger partial charge in [-0.05, 0) is 74.8 Å². The first-order valence-corrected chi connectivity index (χ1v) is 11.6. The van der Waals surface area contributed by atoms with Gasteiger partial charge in [-0.1, -0.05) is 32.4 Å². The molecule has 2 aliphatic carbocycles. The number of carbonyl (C=O) groups excluding carboxylic acids is 1. The number of allylic oxidation sites excluding steroid dienone is 2. The molecule has 5 heteroatoms. The number of aromatic nitrogens is 1. The number of Topliss-reactive ketones (excluding diaryl/α,β-unsaturated/α-hetero) is 1. The van der Waals surface area contributed by atoms with Crippen LogP contribution in [0.15, 0.2) is 30.5 Å². The van der Waals surface area contributed by atoms with Crippen molar-refractivity contribution in [2.45, 2.75) is 77.9 Å². The Hall–Kier alpha value is -1.88. The van der Waals surface area contributed by atoms with E-state index < -0.39 is 5.97 Å². The molecular formula is C25H37NO4. The summed E-state index contributed by atoms with van der Waals surface area (Å²) in [6.07, 6.45) is 14.8. The summed E-state index contributed by atoms with van der Waals surface area (Å²) in [5.41, 5.74) is 0.832. The number of carbonyl (C=O) groups is 2. The van der Waals surface area contributed by atoms with E-state index in [1.165, 1.54) is 12.8 Å². The van der Waals surface area contributed by atoms with Crippen molar-refractivity contribution in [1.29, 1.82) is 0 Å². The molecule has 2 saturated carbocycles. The van der Waals surface area contributed by atoms with Gasteiger partial charge in [0.25, 0.3) is 0 Å². The average Bonchev–Trinajstić information content (AvgIpc) is 3.20. The van der Waals surface area contributed by atoms with Crippen LogP contribution in [0, 0.1) is 23.7 Å². The molecule has 2 fully saturated rings. The molecule has 166 valence electrons. The highest BCUT2D eigenvalue weighted by atomic mass is 16.5. The number of nitrogens with zero attached hydrogens (tertiary/aromatic N) is 1. The molecule has 0 amide bonds. The van der Waals surface area contributed by atoms with Crippen molar-refractivity contribution in [3.8, 4) is 0 Å². The van der Waals surface area contributed by atoms with Crippen LogP contribution in [0.1, 0.15) is 75.7 Å². The van der Waals surface area contributed by atoms with Gasteiger partial charge >= 0.3 is 5.97 Å². The fourth-order valence-electron chi connectivity index (χ4n) is 5.12. The van der Waals surface area contributed by atoms with E-state index in [-0.39, 0.29) is 18.6 Å². The lowest BCUT2D eigenvalue weighted by atomic mass is 9.75. The van der Waals surface area contributed by atoms with E-state index in [1.807, 2.05) is 18.3 Å². The molecule has 1 aromatic rings. The van der Waals surface area contributed by atoms with Gasteiger partial charge in [-0.2, -0.15) is 0 Å². The number of rotatable bonds is 9. The third-order valence-electron chi connectivity index (χ3n) is 6.99. The van der Waals surface area contributed by atoms with Gasteiger partial charge in [0.15, 0.2) is 5.78 Å². The molecule has 2 atom stereocenters. The summed E-state index contributed by atoms with van der Waals surface area (Å²) in [6, 6.07) is 3.93. The van der Waals surface area contributed by atoms with Crippen molar-refractivity contribution < 1.29 is 19.4 Å². The third kappa shape index (κ3) is 6.31. The number of ether oxygens (including phenoxy) is 1. The second kappa shape index (κ2) is 10.9. The molecule has 0 aliphatic heterocycles. The van der Waals surface area contributed by atoms with Crippen LogP contribution in [0.3, 0.4) is 0 Å². The first-order chi connectivity index (χ1) is 14.4. The highest BCUT2D eigenvalue weighted by Crippen LogP contribution is 2.35. The van der Waals surface area contributed by atoms with Crippen molar-refractivity contribution in [1.82, 2.24) is 4.57 Å². The van der Waals surface area contributed by atoms with Crippen LogP contribution >= 0.6 is 0 Å². The van der Waals surface area contributed by atoms with Crippen molar-refractivity contribution in [2.75, 3.05) is 6.61 Å². The Bertz CT molecular complexity index is 727. The predicted molar refractivity (Wildman–Crippen MR) is 118 cm³/mol. The monoisotopic (exact) mass is 415 g/mol. The number of hydrogen-bond acceptors (Lipinski definition) is 3. The highest BCUT2D eigenvalue weighted by Gasteiger charge is 2.29. The van der Waals surface area contributed by atoms with Crippen LogP contribution in [0.25, 0.3) is 0 Å². The second-order valence-corrected chi connectivity index (χ2v) is 9.45. The van der Waals surface area contributed by atoms with E-state index in [9.17, 15) is 9.59 Å². The molecule has 2 unspecified atom stereocenters. The summed E-state index contributed by atoms with van der Waals surface area (Å²) in [7, 11) is 0. The molecule has 1 heterocycles. The van der Waals surface area contributed by atoms with Crippen LogP contribution in [-0.2, 0) is 16.1 Å². The average molecular weight is 416 g/mol. The molecule has 0 radical (unpaired) electrons. The molecule has 1 N–H and O–H groups in total. The van der Waals surface area contributed by atoms with Gasteiger partial charge in [0.2, 0.25) is 0 Å². The first kappa shape index (κ1) is 22.8. The van der Waals surface area contributed by atoms with E-state index in [1.54, 1.807) is 0 Å². The van der Waals surface area contributed by atoms with Crippen LogP contribution in [0.2, 0.25) is 0 Å². The largest absolute Gasteiger partial charge is 0.480 e. The minimum Gasteiger partial charge on any atom is -0.480 e. The molecule has 3 rings (SSSR count). The first-order valence-electron chi connectivity index (χ1n) is 11.6. The SMILES string of the molecule is CC(C)C1CCC(C(=O)c2cccn2C/C=C/C2CCCC(OCC(=O)O)C2)CC1. The van der Waals surface area contributed by atoms with Gasteiger partial charge in [0, 0.05) is 18.7 Å². The summed E-state index contributed by atoms with van der Waals surface area (Å²) < 4.78 is 7.55. The van der Waals surface area contributed by atoms with Gasteiger partial charge in [0.05, 0.1) is 11.8 Å². The molecule has 1 aromatic heterocycles. The number of aliphatic carboxylic acids is 1. The molecule has 30 heavy (non-hydrogen) atoms. The molecule has 0 bridgehead atoms. The lowest BCUT2D eigenvalue weighted by Crippen LogP contribution is -2.25. The quantitative estimate of drug-likeness (QED) is 0.436. The lowest BCUT2D eigenvalue weighted by Gasteiger charge is -2.30. The number of carboxylic acid groups (broad SMARTS) is 1. The van der Waals surface area contributed by atoms with E-state index in [0.717, 1.165) is 50.1 Å². The van der Waals surface area contributed by atoms with Gasteiger partial charge in [0.1, 0.15) is 6.61 Å². The standard InChI is InChI=1S/C25H37NO4/c1-18(2)20-10-12-21(13-11-20)25(29)23-9-5-15-26(23)14-4-7-19-6-3-8-22(16-19)30-17-24(27)28/h4-5,7,9,15,18-22H,3,6,8,10-14,16-17H2,1-2H3,(H,27,28)/b7-4+. The predicted octanol–water partition coefficient (Wildman–Crippen LogP) is 5.35. The number of hydrogen-bond donors (Lipinski definition) is 1. The van der Waals surface area contributed by atoms with Crippen LogP contribution in [0.4, 0.5) is 0 Å². The zero-order valence-corrected chi connectivity index (χ0v) is 18.5. The summed E-state index contributed by atoms with van der Waals surface area (Å²) >= 11 is 0. The Morgan fingerprint density at radius 1 is 1.20 bits per heavy atom. The Balaban J connectivity index is 1.51. The Morgan fingerprint density at radius 2 is 1.97 bits per heavy atom. The Kier molecular flexibility index (Phi) is 8.32. The molecule has 0 aromatic carbocycles. The number of carboxylic acids is 1. The summed E-state index contributed by atoms with van der Waals surface area (Å²) in [6.45, 7) is 5.07. The van der Waals surface area contributed by atoms with Crippen molar-refractivity contribution >= 4 is 11.8 Å². The topological polar surface area (TPSA) is 68.5 Å². The Morgan fingerprint density at radius 3 is 2.67 bits per heavy atom. The van der Waals surface area contributed by atoms with E-state index >= 15 is 0 Å². The summed E-state index contributed by atoms with van der Waals surface area (Å²) in [5, 5.41) is 8.79. The van der Waals surface area contributed by atoms with Crippen LogP contribution < -0.4 is 0 Å². The van der Waals surface area contributed by atoms with Gasteiger partial charge in [-0.25, -0.2) is 4.79 Å². The van der Waals surface area contributed by atoms with Crippen molar-refractivity contribution in [3.63, 3.8) is 0 Å². The van der Waals surface area contributed by atoms with Crippen molar-refractivity contribution in [2.24, 2.45) is 23.7 Å². The zero-order valence-electron chi connectivity index (χ0n) is 18.5. The van der Waals surface area contributed by atoms with Crippen LogP contribution in [-0.4, -0.2) is 34.1 Å².